The number of benzene rings is 2. The number of hydrogen-bond donors (Lipinski definition) is 1. The molecule has 4 rings (SSSR count). The molecule has 1 atom stereocenters. The Morgan fingerprint density at radius 2 is 1.68 bits per heavy atom. The van der Waals surface area contributed by atoms with Gasteiger partial charge in [0.05, 0.1) is 13.7 Å². The number of aromatic nitrogens is 2. The van der Waals surface area contributed by atoms with E-state index in [1.807, 2.05) is 48.5 Å². The highest BCUT2D eigenvalue weighted by Gasteiger charge is 2.15. The summed E-state index contributed by atoms with van der Waals surface area (Å²) < 4.78 is 10.5. The van der Waals surface area contributed by atoms with Gasteiger partial charge in [0.1, 0.15) is 11.6 Å². The maximum Gasteiger partial charge on any atom is 0.258 e. The second-order valence-electron chi connectivity index (χ2n) is 5.96. The van der Waals surface area contributed by atoms with Gasteiger partial charge in [-0.15, -0.1) is 0 Å². The number of methoxy groups -OCH3 is 1. The van der Waals surface area contributed by atoms with Crippen molar-refractivity contribution in [3.63, 3.8) is 0 Å². The Balaban J connectivity index is 1.55. The van der Waals surface area contributed by atoms with E-state index in [0.717, 1.165) is 34.8 Å². The Labute approximate surface area is 145 Å². The molecule has 0 bridgehead atoms. The van der Waals surface area contributed by atoms with Gasteiger partial charge in [-0.1, -0.05) is 29.4 Å². The molecular formula is C19H18N4O2. The first kappa shape index (κ1) is 15.4. The molecule has 126 valence electrons. The van der Waals surface area contributed by atoms with Gasteiger partial charge in [0.2, 0.25) is 5.82 Å². The maximum atomic E-state index is 5.38. The van der Waals surface area contributed by atoms with Gasteiger partial charge in [0, 0.05) is 22.7 Å². The Morgan fingerprint density at radius 3 is 2.32 bits per heavy atom. The van der Waals surface area contributed by atoms with Crippen LogP contribution in [-0.2, 0) is 0 Å². The lowest BCUT2D eigenvalue weighted by atomic mass is 10.1. The van der Waals surface area contributed by atoms with Crippen molar-refractivity contribution < 1.29 is 9.26 Å². The van der Waals surface area contributed by atoms with Crippen LogP contribution in [0.5, 0.6) is 5.75 Å². The van der Waals surface area contributed by atoms with E-state index in [9.17, 15) is 0 Å². The van der Waals surface area contributed by atoms with Gasteiger partial charge in [-0.3, -0.25) is 4.99 Å². The van der Waals surface area contributed by atoms with Crippen LogP contribution < -0.4 is 10.1 Å². The van der Waals surface area contributed by atoms with E-state index >= 15 is 0 Å². The molecule has 1 unspecified atom stereocenters. The largest absolute Gasteiger partial charge is 0.497 e. The third kappa shape index (κ3) is 3.10. The van der Waals surface area contributed by atoms with Crippen molar-refractivity contribution in [2.45, 2.75) is 13.0 Å². The number of rotatable bonds is 4. The normalized spacial score (nSPS) is 16.4. The molecule has 6 heteroatoms. The second-order valence-corrected chi connectivity index (χ2v) is 5.96. The van der Waals surface area contributed by atoms with Crippen molar-refractivity contribution in [3.8, 4) is 28.6 Å². The van der Waals surface area contributed by atoms with Crippen LogP contribution in [0, 0.1) is 0 Å². The van der Waals surface area contributed by atoms with Crippen LogP contribution in [0.15, 0.2) is 58.0 Å². The predicted molar refractivity (Wildman–Crippen MR) is 95.7 cm³/mol. The topological polar surface area (TPSA) is 72.5 Å². The molecule has 1 aromatic heterocycles. The molecule has 1 N–H and O–H groups in total. The molecule has 0 amide bonds. The van der Waals surface area contributed by atoms with Crippen LogP contribution in [-0.4, -0.2) is 35.7 Å². The average molecular weight is 334 g/mol. The van der Waals surface area contributed by atoms with Crippen molar-refractivity contribution in [1.82, 2.24) is 15.5 Å². The van der Waals surface area contributed by atoms with E-state index in [0.29, 0.717) is 17.8 Å². The molecule has 3 aromatic rings. The molecule has 2 heterocycles. The highest BCUT2D eigenvalue weighted by atomic mass is 16.5. The zero-order valence-corrected chi connectivity index (χ0v) is 14.1. The molecule has 0 saturated carbocycles. The number of aliphatic imine (C=N–C) groups is 1. The molecule has 0 spiro atoms. The minimum Gasteiger partial charge on any atom is -0.497 e. The van der Waals surface area contributed by atoms with Crippen LogP contribution in [0.4, 0.5) is 0 Å². The summed E-state index contributed by atoms with van der Waals surface area (Å²) in [6.45, 7) is 2.93. The molecule has 1 aliphatic rings. The van der Waals surface area contributed by atoms with Crippen LogP contribution >= 0.6 is 0 Å². The first-order valence-corrected chi connectivity index (χ1v) is 8.13. The number of nitrogens with zero attached hydrogens (tertiary/aromatic N) is 3. The third-order valence-electron chi connectivity index (χ3n) is 4.09. The van der Waals surface area contributed by atoms with Gasteiger partial charge >= 0.3 is 0 Å². The Hall–Kier alpha value is -3.15. The highest BCUT2D eigenvalue weighted by molar-refractivity contribution is 6.00. The molecule has 0 radical (unpaired) electrons. The summed E-state index contributed by atoms with van der Waals surface area (Å²) in [6.07, 6.45) is 0. The fourth-order valence-electron chi connectivity index (χ4n) is 2.70. The van der Waals surface area contributed by atoms with Gasteiger partial charge in [-0.25, -0.2) is 0 Å². The third-order valence-corrected chi connectivity index (χ3v) is 4.09. The quantitative estimate of drug-likeness (QED) is 0.793. The maximum absolute atomic E-state index is 5.38. The Kier molecular flexibility index (Phi) is 3.93. The fraction of sp³-hybridized carbons (Fsp3) is 0.211. The van der Waals surface area contributed by atoms with Gasteiger partial charge in [0.25, 0.3) is 5.89 Å². The number of ether oxygens (including phenoxy) is 1. The standard InChI is InChI=1S/C19H18N4O2/c1-12-11-20-17(21-12)13-3-5-14(6-4-13)18-22-19(25-23-18)15-7-9-16(24-2)10-8-15/h3-10,12H,11H2,1-2H3,(H,20,21). The summed E-state index contributed by atoms with van der Waals surface area (Å²) in [5.74, 6) is 2.77. The number of amidine groups is 1. The molecular weight excluding hydrogens is 316 g/mol. The molecule has 1 aliphatic heterocycles. The summed E-state index contributed by atoms with van der Waals surface area (Å²) in [6, 6.07) is 15.9. The molecule has 25 heavy (non-hydrogen) atoms. The average Bonchev–Trinajstić information content (AvgIpc) is 3.31. The van der Waals surface area contributed by atoms with Crippen LogP contribution in [0.25, 0.3) is 22.8 Å². The van der Waals surface area contributed by atoms with E-state index in [-0.39, 0.29) is 0 Å². The lowest BCUT2D eigenvalue weighted by Gasteiger charge is -2.06. The van der Waals surface area contributed by atoms with Gasteiger partial charge in [-0.05, 0) is 31.2 Å². The van der Waals surface area contributed by atoms with Gasteiger partial charge < -0.3 is 14.6 Å². The molecule has 0 aliphatic carbocycles. The van der Waals surface area contributed by atoms with Crippen molar-refractivity contribution in [3.05, 3.63) is 54.1 Å². The summed E-state index contributed by atoms with van der Waals surface area (Å²) >= 11 is 0. The van der Waals surface area contributed by atoms with Crippen LogP contribution in [0.1, 0.15) is 12.5 Å². The lowest BCUT2D eigenvalue weighted by Crippen LogP contribution is -2.27. The van der Waals surface area contributed by atoms with Gasteiger partial charge in [-0.2, -0.15) is 4.98 Å². The lowest BCUT2D eigenvalue weighted by molar-refractivity contribution is 0.414. The predicted octanol–water partition coefficient (Wildman–Crippen LogP) is 3.15. The van der Waals surface area contributed by atoms with Crippen molar-refractivity contribution in [2.75, 3.05) is 13.7 Å². The zero-order chi connectivity index (χ0) is 17.2. The molecule has 0 saturated heterocycles. The zero-order valence-electron chi connectivity index (χ0n) is 14.1. The van der Waals surface area contributed by atoms with Crippen molar-refractivity contribution >= 4 is 5.84 Å². The van der Waals surface area contributed by atoms with Crippen LogP contribution in [0.3, 0.4) is 0 Å². The summed E-state index contributed by atoms with van der Waals surface area (Å²) in [7, 11) is 1.64. The second kappa shape index (κ2) is 6.39. The summed E-state index contributed by atoms with van der Waals surface area (Å²) in [5.41, 5.74) is 2.82. The van der Waals surface area contributed by atoms with Gasteiger partial charge in [0.15, 0.2) is 0 Å². The van der Waals surface area contributed by atoms with E-state index < -0.39 is 0 Å². The summed E-state index contributed by atoms with van der Waals surface area (Å²) in [5, 5.41) is 7.44. The SMILES string of the molecule is COc1ccc(-c2nc(-c3ccc(C4=NCC(C)N4)cc3)no2)cc1. The first-order valence-electron chi connectivity index (χ1n) is 8.13. The monoisotopic (exact) mass is 334 g/mol. The molecule has 0 fully saturated rings. The van der Waals surface area contributed by atoms with E-state index in [1.54, 1.807) is 7.11 Å². The Bertz CT molecular complexity index is 898. The highest BCUT2D eigenvalue weighted by Crippen LogP contribution is 2.24. The minimum absolute atomic E-state index is 0.388. The van der Waals surface area contributed by atoms with Crippen LogP contribution in [0.2, 0.25) is 0 Å². The van der Waals surface area contributed by atoms with E-state index in [4.69, 9.17) is 9.26 Å². The fourth-order valence-corrected chi connectivity index (χ4v) is 2.70. The molecule has 6 nitrogen and oxygen atoms in total. The first-order chi connectivity index (χ1) is 12.2. The molecule has 2 aromatic carbocycles. The Morgan fingerprint density at radius 1 is 1.00 bits per heavy atom. The number of hydrogen-bond acceptors (Lipinski definition) is 6. The van der Waals surface area contributed by atoms with E-state index in [2.05, 4.69) is 27.4 Å². The summed E-state index contributed by atoms with van der Waals surface area (Å²) in [4.78, 5) is 8.97. The van der Waals surface area contributed by atoms with Crippen molar-refractivity contribution in [1.29, 1.82) is 0 Å². The van der Waals surface area contributed by atoms with Crippen molar-refractivity contribution in [2.24, 2.45) is 4.99 Å². The van der Waals surface area contributed by atoms with E-state index in [1.165, 1.54) is 0 Å². The number of nitrogens with one attached hydrogen (secondary N) is 1. The smallest absolute Gasteiger partial charge is 0.258 e. The minimum atomic E-state index is 0.388.